The third-order valence-corrected chi connectivity index (χ3v) is 2.63. The van der Waals surface area contributed by atoms with Crippen molar-refractivity contribution in [2.45, 2.75) is 27.7 Å². The first-order valence-electron chi connectivity index (χ1n) is 5.29. The number of carboxylic acids is 1. The number of hydrogen-bond acceptors (Lipinski definition) is 3. The first kappa shape index (κ1) is 15.4. The highest BCUT2D eigenvalue weighted by atomic mass is 16.4. The zero-order chi connectivity index (χ0) is 13.9. The molecule has 0 aromatic rings. The van der Waals surface area contributed by atoms with Crippen LogP contribution in [-0.4, -0.2) is 36.5 Å². The number of aliphatic carboxylic acids is 1. The summed E-state index contributed by atoms with van der Waals surface area (Å²) in [6.45, 7) is 6.05. The van der Waals surface area contributed by atoms with E-state index in [4.69, 9.17) is 5.11 Å². The van der Waals surface area contributed by atoms with E-state index in [0.29, 0.717) is 0 Å². The summed E-state index contributed by atoms with van der Waals surface area (Å²) in [6, 6.07) is 0. The highest BCUT2D eigenvalue weighted by molar-refractivity contribution is 6.01. The van der Waals surface area contributed by atoms with E-state index >= 15 is 0 Å². The van der Waals surface area contributed by atoms with Crippen LogP contribution in [0, 0.1) is 10.8 Å². The highest BCUT2D eigenvalue weighted by Crippen LogP contribution is 2.17. The van der Waals surface area contributed by atoms with Gasteiger partial charge in [-0.3, -0.25) is 14.4 Å². The molecule has 98 valence electrons. The van der Waals surface area contributed by atoms with Gasteiger partial charge >= 0.3 is 5.97 Å². The van der Waals surface area contributed by atoms with Crippen molar-refractivity contribution in [1.29, 1.82) is 0 Å². The summed E-state index contributed by atoms with van der Waals surface area (Å²) in [7, 11) is 1.51. The molecule has 6 nitrogen and oxygen atoms in total. The van der Waals surface area contributed by atoms with Crippen LogP contribution in [0.1, 0.15) is 27.7 Å². The molecule has 0 aliphatic heterocycles. The Kier molecular flexibility index (Phi) is 4.68. The zero-order valence-electron chi connectivity index (χ0n) is 10.9. The minimum Gasteiger partial charge on any atom is -0.480 e. The number of rotatable bonds is 5. The van der Waals surface area contributed by atoms with E-state index in [0.717, 1.165) is 0 Å². The smallest absolute Gasteiger partial charge is 0.318 e. The summed E-state index contributed by atoms with van der Waals surface area (Å²) in [5, 5.41) is 13.8. The van der Waals surface area contributed by atoms with Crippen LogP contribution in [0.25, 0.3) is 0 Å². The number of carbonyl (C=O) groups excluding carboxylic acids is 2. The first-order valence-corrected chi connectivity index (χ1v) is 5.29. The van der Waals surface area contributed by atoms with E-state index in [1.165, 1.54) is 20.9 Å². The highest BCUT2D eigenvalue weighted by Gasteiger charge is 2.37. The van der Waals surface area contributed by atoms with Gasteiger partial charge in [-0.15, -0.1) is 0 Å². The summed E-state index contributed by atoms with van der Waals surface area (Å²) < 4.78 is 0. The topological polar surface area (TPSA) is 95.5 Å². The molecule has 0 unspecified atom stereocenters. The summed E-state index contributed by atoms with van der Waals surface area (Å²) in [6.07, 6.45) is 0. The molecule has 0 aromatic carbocycles. The summed E-state index contributed by atoms with van der Waals surface area (Å²) in [4.78, 5) is 33.9. The molecule has 0 aliphatic carbocycles. The lowest BCUT2D eigenvalue weighted by Gasteiger charge is -2.25. The van der Waals surface area contributed by atoms with Crippen molar-refractivity contribution in [2.75, 3.05) is 13.6 Å². The largest absolute Gasteiger partial charge is 0.480 e. The second kappa shape index (κ2) is 5.16. The maximum atomic E-state index is 11.6. The van der Waals surface area contributed by atoms with E-state index in [2.05, 4.69) is 10.6 Å². The minimum atomic E-state index is -1.50. The molecule has 0 saturated carbocycles. The van der Waals surface area contributed by atoms with Crippen LogP contribution in [0.5, 0.6) is 0 Å². The quantitative estimate of drug-likeness (QED) is 0.592. The molecule has 2 amide bonds. The Bertz CT molecular complexity index is 334. The van der Waals surface area contributed by atoms with Gasteiger partial charge in [-0.25, -0.2) is 0 Å². The van der Waals surface area contributed by atoms with Crippen LogP contribution in [0.4, 0.5) is 0 Å². The number of nitrogens with one attached hydrogen (secondary N) is 2. The second-order valence-corrected chi connectivity index (χ2v) is 5.08. The Hall–Kier alpha value is -1.59. The van der Waals surface area contributed by atoms with Gasteiger partial charge in [-0.1, -0.05) is 0 Å². The third kappa shape index (κ3) is 3.72. The maximum absolute atomic E-state index is 11.6. The minimum absolute atomic E-state index is 0.0855. The number of hydrogen-bond donors (Lipinski definition) is 3. The molecule has 0 spiro atoms. The van der Waals surface area contributed by atoms with Crippen LogP contribution in [0.2, 0.25) is 0 Å². The molecule has 17 heavy (non-hydrogen) atoms. The van der Waals surface area contributed by atoms with Crippen molar-refractivity contribution in [3.63, 3.8) is 0 Å². The molecule has 0 heterocycles. The molecule has 0 aliphatic rings. The van der Waals surface area contributed by atoms with E-state index in [9.17, 15) is 14.4 Å². The zero-order valence-corrected chi connectivity index (χ0v) is 10.9. The Morgan fingerprint density at radius 1 is 1.06 bits per heavy atom. The molecule has 0 fully saturated rings. The van der Waals surface area contributed by atoms with Gasteiger partial charge in [-0.05, 0) is 27.7 Å². The lowest BCUT2D eigenvalue weighted by Crippen LogP contribution is -2.48. The van der Waals surface area contributed by atoms with Crippen molar-refractivity contribution in [3.05, 3.63) is 0 Å². The van der Waals surface area contributed by atoms with Crippen molar-refractivity contribution in [1.82, 2.24) is 10.6 Å². The van der Waals surface area contributed by atoms with Crippen LogP contribution in [0.15, 0.2) is 0 Å². The average Bonchev–Trinajstić information content (AvgIpc) is 2.24. The Morgan fingerprint density at radius 2 is 1.53 bits per heavy atom. The summed E-state index contributed by atoms with van der Waals surface area (Å²) in [5.41, 5.74) is -2.28. The molecule has 0 aromatic heterocycles. The second-order valence-electron chi connectivity index (χ2n) is 5.08. The first-order chi connectivity index (χ1) is 7.55. The molecular weight excluding hydrogens is 224 g/mol. The molecule has 3 N–H and O–H groups in total. The molecule has 0 radical (unpaired) electrons. The molecule has 0 saturated heterocycles. The molecule has 6 heteroatoms. The van der Waals surface area contributed by atoms with Gasteiger partial charge in [0.2, 0.25) is 11.8 Å². The van der Waals surface area contributed by atoms with Crippen molar-refractivity contribution in [2.24, 2.45) is 10.8 Å². The average molecular weight is 244 g/mol. The normalized spacial score (nSPS) is 11.8. The van der Waals surface area contributed by atoms with Crippen LogP contribution in [0.3, 0.4) is 0 Å². The standard InChI is InChI=1S/C11H20N2O4/c1-10(2,7(14)12-5)6-13-8(15)11(3,4)9(16)17/h6H2,1-5H3,(H,12,14)(H,13,15)(H,16,17). The predicted molar refractivity (Wildman–Crippen MR) is 62.3 cm³/mol. The van der Waals surface area contributed by atoms with Gasteiger partial charge in [0.25, 0.3) is 0 Å². The van der Waals surface area contributed by atoms with Gasteiger partial charge < -0.3 is 15.7 Å². The van der Waals surface area contributed by atoms with E-state index in [-0.39, 0.29) is 12.5 Å². The third-order valence-electron chi connectivity index (χ3n) is 2.63. The van der Waals surface area contributed by atoms with Gasteiger partial charge in [0.15, 0.2) is 0 Å². The van der Waals surface area contributed by atoms with E-state index in [1.807, 2.05) is 0 Å². The van der Waals surface area contributed by atoms with Crippen LogP contribution < -0.4 is 10.6 Å². The Labute approximate surface area is 101 Å². The molecule has 0 rings (SSSR count). The Balaban J connectivity index is 4.55. The summed E-state index contributed by atoms with van der Waals surface area (Å²) in [5.74, 6) is -2.03. The lowest BCUT2D eigenvalue weighted by atomic mass is 9.89. The van der Waals surface area contributed by atoms with Crippen LogP contribution >= 0.6 is 0 Å². The molecule has 0 bridgehead atoms. The summed E-state index contributed by atoms with van der Waals surface area (Å²) >= 11 is 0. The van der Waals surface area contributed by atoms with Gasteiger partial charge in [0.05, 0.1) is 5.41 Å². The monoisotopic (exact) mass is 244 g/mol. The van der Waals surface area contributed by atoms with Crippen molar-refractivity contribution >= 4 is 17.8 Å². The fourth-order valence-corrected chi connectivity index (χ4v) is 1.04. The van der Waals surface area contributed by atoms with Crippen molar-refractivity contribution < 1.29 is 19.5 Å². The molecular formula is C11H20N2O4. The fraction of sp³-hybridized carbons (Fsp3) is 0.727. The predicted octanol–water partition coefficient (Wildman–Crippen LogP) is -0.0144. The Morgan fingerprint density at radius 3 is 1.88 bits per heavy atom. The van der Waals surface area contributed by atoms with Crippen molar-refractivity contribution in [3.8, 4) is 0 Å². The van der Waals surface area contributed by atoms with Crippen LogP contribution in [-0.2, 0) is 14.4 Å². The lowest BCUT2D eigenvalue weighted by molar-refractivity contribution is -0.153. The number of carboxylic acid groups (broad SMARTS) is 1. The number of amides is 2. The SMILES string of the molecule is CNC(=O)C(C)(C)CNC(=O)C(C)(C)C(=O)O. The van der Waals surface area contributed by atoms with Gasteiger partial charge in [0, 0.05) is 13.6 Å². The van der Waals surface area contributed by atoms with E-state index < -0.39 is 22.7 Å². The number of carbonyl (C=O) groups is 3. The fourth-order valence-electron chi connectivity index (χ4n) is 1.04. The van der Waals surface area contributed by atoms with Gasteiger partial charge in [-0.2, -0.15) is 0 Å². The van der Waals surface area contributed by atoms with E-state index in [1.54, 1.807) is 13.8 Å². The maximum Gasteiger partial charge on any atom is 0.318 e. The molecule has 0 atom stereocenters. The van der Waals surface area contributed by atoms with Gasteiger partial charge in [0.1, 0.15) is 5.41 Å².